The molecule has 20 heavy (non-hydrogen) atoms. The fourth-order valence-corrected chi connectivity index (χ4v) is 3.17. The molecule has 2 aromatic heterocycles. The van der Waals surface area contributed by atoms with Crippen molar-refractivity contribution in [1.29, 1.82) is 0 Å². The Morgan fingerprint density at radius 2 is 1.95 bits per heavy atom. The van der Waals surface area contributed by atoms with Crippen LogP contribution in [0.25, 0.3) is 21.8 Å². The van der Waals surface area contributed by atoms with Gasteiger partial charge in [0.1, 0.15) is 16.6 Å². The highest BCUT2D eigenvalue weighted by molar-refractivity contribution is 9.10. The smallest absolute Gasteiger partial charge is 0.137 e. The number of nitrogens with two attached hydrogens (primary N) is 1. The molecular formula is C14H11BrN4S. The van der Waals surface area contributed by atoms with Gasteiger partial charge in [-0.3, -0.25) is 0 Å². The third kappa shape index (κ3) is 2.44. The largest absolute Gasteiger partial charge is 0.383 e. The van der Waals surface area contributed by atoms with E-state index in [1.54, 1.807) is 6.20 Å². The first kappa shape index (κ1) is 13.2. The first-order chi connectivity index (χ1) is 9.65. The van der Waals surface area contributed by atoms with E-state index in [1.807, 2.05) is 36.6 Å². The summed E-state index contributed by atoms with van der Waals surface area (Å²) in [6.45, 7) is 1.81. The number of thiazole rings is 1. The second-order valence-electron chi connectivity index (χ2n) is 4.23. The summed E-state index contributed by atoms with van der Waals surface area (Å²) in [5, 5.41) is 2.84. The fourth-order valence-electron chi connectivity index (χ4n) is 1.84. The minimum atomic E-state index is 0.463. The number of hydrogen-bond donors (Lipinski definition) is 1. The molecule has 0 aliphatic heterocycles. The Kier molecular flexibility index (Phi) is 3.50. The Hall–Kier alpha value is -1.79. The molecule has 1 aromatic carbocycles. The molecule has 3 aromatic rings. The minimum absolute atomic E-state index is 0.463. The number of aryl methyl sites for hydroxylation is 1. The monoisotopic (exact) mass is 346 g/mol. The van der Waals surface area contributed by atoms with Crippen molar-refractivity contribution in [2.24, 2.45) is 0 Å². The summed E-state index contributed by atoms with van der Waals surface area (Å²) in [4.78, 5) is 13.0. The topological polar surface area (TPSA) is 64.7 Å². The average molecular weight is 347 g/mol. The normalized spacial score (nSPS) is 10.7. The average Bonchev–Trinajstić information content (AvgIpc) is 2.88. The predicted molar refractivity (Wildman–Crippen MR) is 85.4 cm³/mol. The highest BCUT2D eigenvalue weighted by atomic mass is 79.9. The van der Waals surface area contributed by atoms with Gasteiger partial charge in [0, 0.05) is 21.6 Å². The molecule has 0 saturated carbocycles. The molecule has 100 valence electrons. The summed E-state index contributed by atoms with van der Waals surface area (Å²) in [6.07, 6.45) is 1.72. The van der Waals surface area contributed by atoms with E-state index in [0.29, 0.717) is 11.6 Å². The zero-order valence-corrected chi connectivity index (χ0v) is 13.1. The van der Waals surface area contributed by atoms with Crippen LogP contribution in [-0.4, -0.2) is 15.0 Å². The molecule has 0 bridgehead atoms. The van der Waals surface area contributed by atoms with E-state index < -0.39 is 0 Å². The van der Waals surface area contributed by atoms with Crippen molar-refractivity contribution in [2.75, 3.05) is 5.73 Å². The molecule has 0 spiro atoms. The third-order valence-corrected chi connectivity index (χ3v) is 4.39. The van der Waals surface area contributed by atoms with Crippen molar-refractivity contribution in [1.82, 2.24) is 15.0 Å². The minimum Gasteiger partial charge on any atom is -0.383 e. The van der Waals surface area contributed by atoms with Gasteiger partial charge in [0.15, 0.2) is 0 Å². The number of nitrogen functional groups attached to an aromatic ring is 1. The molecule has 0 radical (unpaired) electrons. The Morgan fingerprint density at radius 1 is 1.15 bits per heavy atom. The fraction of sp³-hybridized carbons (Fsp3) is 0.0714. The summed E-state index contributed by atoms with van der Waals surface area (Å²) >= 11 is 5.07. The van der Waals surface area contributed by atoms with Crippen molar-refractivity contribution in [3.8, 4) is 21.8 Å². The van der Waals surface area contributed by atoms with Crippen LogP contribution in [0.3, 0.4) is 0 Å². The van der Waals surface area contributed by atoms with Crippen LogP contribution in [0.4, 0.5) is 5.82 Å². The maximum absolute atomic E-state index is 5.94. The summed E-state index contributed by atoms with van der Waals surface area (Å²) < 4.78 is 1.02. The van der Waals surface area contributed by atoms with Gasteiger partial charge in [0.2, 0.25) is 0 Å². The van der Waals surface area contributed by atoms with Gasteiger partial charge in [0.05, 0.1) is 11.3 Å². The van der Waals surface area contributed by atoms with E-state index >= 15 is 0 Å². The molecule has 0 atom stereocenters. The van der Waals surface area contributed by atoms with Crippen molar-refractivity contribution >= 4 is 33.1 Å². The van der Waals surface area contributed by atoms with E-state index in [2.05, 4.69) is 30.9 Å². The predicted octanol–water partition coefficient (Wildman–Crippen LogP) is 3.92. The molecular weight excluding hydrogens is 336 g/mol. The molecule has 0 aliphatic rings. The van der Waals surface area contributed by atoms with Crippen molar-refractivity contribution in [3.63, 3.8) is 0 Å². The van der Waals surface area contributed by atoms with Crippen LogP contribution in [-0.2, 0) is 0 Å². The van der Waals surface area contributed by atoms with Gasteiger partial charge in [-0.25, -0.2) is 15.0 Å². The van der Waals surface area contributed by atoms with Crippen molar-refractivity contribution in [3.05, 3.63) is 46.1 Å². The maximum atomic E-state index is 5.94. The number of halogens is 1. The van der Waals surface area contributed by atoms with Gasteiger partial charge in [-0.2, -0.15) is 0 Å². The number of rotatable bonds is 2. The lowest BCUT2D eigenvalue weighted by Gasteiger charge is -2.02. The lowest BCUT2D eigenvalue weighted by molar-refractivity contribution is 1.06. The molecule has 2 heterocycles. The van der Waals surface area contributed by atoms with Crippen LogP contribution in [0.15, 0.2) is 40.3 Å². The molecule has 0 amide bonds. The Morgan fingerprint density at radius 3 is 2.70 bits per heavy atom. The highest BCUT2D eigenvalue weighted by Gasteiger charge is 2.12. The van der Waals surface area contributed by atoms with Gasteiger partial charge in [0.25, 0.3) is 0 Å². The zero-order valence-electron chi connectivity index (χ0n) is 10.7. The molecule has 6 heteroatoms. The molecule has 0 unspecified atom stereocenters. The first-order valence-electron chi connectivity index (χ1n) is 5.95. The van der Waals surface area contributed by atoms with Gasteiger partial charge < -0.3 is 5.73 Å². The van der Waals surface area contributed by atoms with Gasteiger partial charge in [-0.1, -0.05) is 34.1 Å². The van der Waals surface area contributed by atoms with E-state index in [0.717, 1.165) is 26.3 Å². The van der Waals surface area contributed by atoms with E-state index in [-0.39, 0.29) is 0 Å². The SMILES string of the molecule is Cc1ncc(-c2nc(-c3ccccc3Br)cs2)c(N)n1. The Bertz CT molecular complexity index is 769. The maximum Gasteiger partial charge on any atom is 0.137 e. The van der Waals surface area contributed by atoms with Gasteiger partial charge in [-0.05, 0) is 13.0 Å². The van der Waals surface area contributed by atoms with E-state index in [9.17, 15) is 0 Å². The lowest BCUT2D eigenvalue weighted by atomic mass is 10.2. The van der Waals surface area contributed by atoms with Crippen LogP contribution < -0.4 is 5.73 Å². The Labute approximate surface area is 128 Å². The van der Waals surface area contributed by atoms with Crippen LogP contribution in [0.1, 0.15) is 5.82 Å². The summed E-state index contributed by atoms with van der Waals surface area (Å²) in [6, 6.07) is 7.99. The van der Waals surface area contributed by atoms with Gasteiger partial charge >= 0.3 is 0 Å². The van der Waals surface area contributed by atoms with Crippen LogP contribution in [0.5, 0.6) is 0 Å². The lowest BCUT2D eigenvalue weighted by Crippen LogP contribution is -1.98. The first-order valence-corrected chi connectivity index (χ1v) is 7.62. The molecule has 0 fully saturated rings. The number of benzene rings is 1. The van der Waals surface area contributed by atoms with Gasteiger partial charge in [-0.15, -0.1) is 11.3 Å². The number of nitrogens with zero attached hydrogens (tertiary/aromatic N) is 3. The molecule has 0 aliphatic carbocycles. The van der Waals surface area contributed by atoms with Crippen LogP contribution in [0, 0.1) is 6.92 Å². The van der Waals surface area contributed by atoms with Crippen LogP contribution in [0.2, 0.25) is 0 Å². The zero-order chi connectivity index (χ0) is 14.1. The summed E-state index contributed by atoms with van der Waals surface area (Å²) in [5.74, 6) is 1.12. The standard InChI is InChI=1S/C14H11BrN4S/c1-8-17-6-10(13(16)18-8)14-19-12(7-20-14)9-4-2-3-5-11(9)15/h2-7H,1H3,(H2,16,17,18). The third-order valence-electron chi connectivity index (χ3n) is 2.82. The van der Waals surface area contributed by atoms with E-state index in [1.165, 1.54) is 11.3 Å². The number of aromatic nitrogens is 3. The van der Waals surface area contributed by atoms with Crippen LogP contribution >= 0.6 is 27.3 Å². The molecule has 0 saturated heterocycles. The summed E-state index contributed by atoms with van der Waals surface area (Å²) in [5.41, 5.74) is 8.69. The Balaban J connectivity index is 2.04. The molecule has 4 nitrogen and oxygen atoms in total. The molecule has 3 rings (SSSR count). The quantitative estimate of drug-likeness (QED) is 0.763. The van der Waals surface area contributed by atoms with Crippen molar-refractivity contribution < 1.29 is 0 Å². The number of anilines is 1. The second kappa shape index (κ2) is 5.30. The van der Waals surface area contributed by atoms with E-state index in [4.69, 9.17) is 5.73 Å². The summed E-state index contributed by atoms with van der Waals surface area (Å²) in [7, 11) is 0. The second-order valence-corrected chi connectivity index (χ2v) is 5.95. The number of hydrogen-bond acceptors (Lipinski definition) is 5. The van der Waals surface area contributed by atoms with Crippen molar-refractivity contribution in [2.45, 2.75) is 6.92 Å². The highest BCUT2D eigenvalue weighted by Crippen LogP contribution is 2.33. The molecule has 2 N–H and O–H groups in total.